The van der Waals surface area contributed by atoms with E-state index in [0.29, 0.717) is 51.6 Å². The Morgan fingerprint density at radius 1 is 1.12 bits per heavy atom. The molecule has 3 aromatic carbocycles. The Balaban J connectivity index is 1.57. The number of benzene rings is 3. The second-order valence-corrected chi connectivity index (χ2v) is 8.46. The lowest BCUT2D eigenvalue weighted by Crippen LogP contribution is -2.12. The molecule has 0 saturated heterocycles. The molecular weight excluding hydrogens is 424 g/mol. The molecule has 0 saturated carbocycles. The number of carbonyl (C=O) groups is 1. The second kappa shape index (κ2) is 9.45. The van der Waals surface area contributed by atoms with Gasteiger partial charge in [0.05, 0.1) is 17.2 Å². The Morgan fingerprint density at radius 2 is 1.97 bits per heavy atom. The fraction of sp³-hybridized carbons (Fsp3) is 0.231. The fourth-order valence-corrected chi connectivity index (χ4v) is 3.47. The number of oxazole rings is 1. The van der Waals surface area contributed by atoms with Crippen LogP contribution in [-0.2, 0) is 6.42 Å². The highest BCUT2D eigenvalue weighted by molar-refractivity contribution is 6.33. The normalized spacial score (nSPS) is 11.2. The number of aryl methyl sites for hydroxylation is 1. The molecule has 0 bridgehead atoms. The smallest absolute Gasteiger partial charge is 0.255 e. The Hall–Kier alpha value is -3.31. The number of amides is 1. The van der Waals surface area contributed by atoms with Gasteiger partial charge in [0.25, 0.3) is 5.91 Å². The van der Waals surface area contributed by atoms with Crippen LogP contribution < -0.4 is 10.1 Å². The van der Waals surface area contributed by atoms with E-state index in [-0.39, 0.29) is 5.91 Å². The standard InChI is InChI=1S/C26H25ClN2O3/c1-4-17-8-11-24-23(12-17)29-26(32-24)21-14-19(9-10-22(21)27)28-25(30)18-6-5-7-20(13-18)31-15-16(2)3/h5-14,16H,4,15H2,1-3H3,(H,28,30). The lowest BCUT2D eigenvalue weighted by Gasteiger charge is -2.11. The van der Waals surface area contributed by atoms with Gasteiger partial charge in [0, 0.05) is 11.3 Å². The lowest BCUT2D eigenvalue weighted by molar-refractivity contribution is 0.102. The van der Waals surface area contributed by atoms with Gasteiger partial charge in [0.2, 0.25) is 5.89 Å². The van der Waals surface area contributed by atoms with Crippen molar-refractivity contribution in [2.24, 2.45) is 5.92 Å². The number of ether oxygens (including phenoxy) is 1. The Morgan fingerprint density at radius 3 is 2.75 bits per heavy atom. The summed E-state index contributed by atoms with van der Waals surface area (Å²) in [6.45, 7) is 6.84. The molecule has 164 valence electrons. The molecule has 4 aromatic rings. The molecule has 1 aromatic heterocycles. The van der Waals surface area contributed by atoms with E-state index < -0.39 is 0 Å². The van der Waals surface area contributed by atoms with Gasteiger partial charge >= 0.3 is 0 Å². The van der Waals surface area contributed by atoms with E-state index >= 15 is 0 Å². The van der Waals surface area contributed by atoms with E-state index in [1.807, 2.05) is 24.3 Å². The average Bonchev–Trinajstić information content (AvgIpc) is 3.22. The minimum absolute atomic E-state index is 0.238. The second-order valence-electron chi connectivity index (χ2n) is 8.06. The van der Waals surface area contributed by atoms with Gasteiger partial charge in [-0.3, -0.25) is 4.79 Å². The fourth-order valence-electron chi connectivity index (χ4n) is 3.27. The van der Waals surface area contributed by atoms with E-state index in [0.717, 1.165) is 11.9 Å². The highest BCUT2D eigenvalue weighted by Crippen LogP contribution is 2.32. The number of anilines is 1. The molecule has 0 spiro atoms. The molecule has 1 heterocycles. The number of hydrogen-bond donors (Lipinski definition) is 1. The van der Waals surface area contributed by atoms with Gasteiger partial charge in [-0.05, 0) is 66.4 Å². The number of fused-ring (bicyclic) bond motifs is 1. The quantitative estimate of drug-likeness (QED) is 0.330. The zero-order chi connectivity index (χ0) is 22.7. The summed E-state index contributed by atoms with van der Waals surface area (Å²) < 4.78 is 11.6. The predicted octanol–water partition coefficient (Wildman–Crippen LogP) is 7.00. The van der Waals surface area contributed by atoms with Crippen LogP contribution in [0.3, 0.4) is 0 Å². The summed E-state index contributed by atoms with van der Waals surface area (Å²) in [5, 5.41) is 3.41. The molecule has 0 unspecified atom stereocenters. The van der Waals surface area contributed by atoms with Crippen molar-refractivity contribution in [2.75, 3.05) is 11.9 Å². The van der Waals surface area contributed by atoms with E-state index in [9.17, 15) is 4.79 Å². The molecule has 0 fully saturated rings. The van der Waals surface area contributed by atoms with Crippen molar-refractivity contribution in [2.45, 2.75) is 27.2 Å². The summed E-state index contributed by atoms with van der Waals surface area (Å²) in [4.78, 5) is 17.4. The van der Waals surface area contributed by atoms with Crippen LogP contribution in [0, 0.1) is 5.92 Å². The number of rotatable bonds is 7. The molecule has 0 atom stereocenters. The van der Waals surface area contributed by atoms with E-state index in [4.69, 9.17) is 20.8 Å². The number of nitrogens with zero attached hydrogens (tertiary/aromatic N) is 1. The first-order valence-corrected chi connectivity index (χ1v) is 11.0. The molecular formula is C26H25ClN2O3. The summed E-state index contributed by atoms with van der Waals surface area (Å²) in [5.74, 6) is 1.25. The van der Waals surface area contributed by atoms with Crippen LogP contribution in [0.4, 0.5) is 5.69 Å². The molecule has 1 N–H and O–H groups in total. The third kappa shape index (κ3) is 4.94. The Bertz CT molecular complexity index is 1260. The maximum absolute atomic E-state index is 12.8. The number of aromatic nitrogens is 1. The molecule has 0 aliphatic rings. The predicted molar refractivity (Wildman–Crippen MR) is 129 cm³/mol. The average molecular weight is 449 g/mol. The van der Waals surface area contributed by atoms with Crippen molar-refractivity contribution < 1.29 is 13.9 Å². The summed E-state index contributed by atoms with van der Waals surface area (Å²) in [6, 6.07) is 18.3. The van der Waals surface area contributed by atoms with E-state index in [2.05, 4.69) is 31.1 Å². The van der Waals surface area contributed by atoms with E-state index in [1.54, 1.807) is 36.4 Å². The summed E-state index contributed by atoms with van der Waals surface area (Å²) in [6.07, 6.45) is 0.921. The molecule has 5 nitrogen and oxygen atoms in total. The number of carbonyl (C=O) groups excluding carboxylic acids is 1. The third-order valence-electron chi connectivity index (χ3n) is 4.99. The van der Waals surface area contributed by atoms with Gasteiger partial charge in [-0.15, -0.1) is 0 Å². The number of hydrogen-bond acceptors (Lipinski definition) is 4. The molecule has 0 aliphatic carbocycles. The largest absolute Gasteiger partial charge is 0.493 e. The van der Waals surface area contributed by atoms with Crippen LogP contribution in [0.2, 0.25) is 5.02 Å². The lowest BCUT2D eigenvalue weighted by atomic mass is 10.1. The van der Waals surface area contributed by atoms with Crippen molar-refractivity contribution in [1.29, 1.82) is 0 Å². The molecule has 0 aliphatic heterocycles. The highest BCUT2D eigenvalue weighted by atomic mass is 35.5. The third-order valence-corrected chi connectivity index (χ3v) is 5.32. The van der Waals surface area contributed by atoms with Crippen molar-refractivity contribution in [1.82, 2.24) is 4.98 Å². The van der Waals surface area contributed by atoms with Crippen LogP contribution >= 0.6 is 11.6 Å². The summed E-state index contributed by atoms with van der Waals surface area (Å²) in [7, 11) is 0. The van der Waals surface area contributed by atoms with Crippen LogP contribution in [0.15, 0.2) is 65.1 Å². The maximum Gasteiger partial charge on any atom is 0.255 e. The monoisotopic (exact) mass is 448 g/mol. The molecule has 1 amide bonds. The first-order chi connectivity index (χ1) is 15.4. The summed E-state index contributed by atoms with van der Waals surface area (Å²) in [5.41, 5.74) is 4.39. The van der Waals surface area contributed by atoms with Gasteiger partial charge in [0.1, 0.15) is 11.3 Å². The SMILES string of the molecule is CCc1ccc2oc(-c3cc(NC(=O)c4cccc(OCC(C)C)c4)ccc3Cl)nc2c1. The van der Waals surface area contributed by atoms with Crippen LogP contribution in [-0.4, -0.2) is 17.5 Å². The molecule has 0 radical (unpaired) electrons. The van der Waals surface area contributed by atoms with Gasteiger partial charge in [-0.25, -0.2) is 4.98 Å². The van der Waals surface area contributed by atoms with Crippen molar-refractivity contribution in [3.63, 3.8) is 0 Å². The van der Waals surface area contributed by atoms with Crippen LogP contribution in [0.5, 0.6) is 5.75 Å². The zero-order valence-electron chi connectivity index (χ0n) is 18.3. The van der Waals surface area contributed by atoms with Crippen molar-refractivity contribution >= 4 is 34.3 Å². The van der Waals surface area contributed by atoms with Gasteiger partial charge in [-0.2, -0.15) is 0 Å². The van der Waals surface area contributed by atoms with Gasteiger partial charge in [-0.1, -0.05) is 44.5 Å². The van der Waals surface area contributed by atoms with Crippen LogP contribution in [0.1, 0.15) is 36.7 Å². The minimum atomic E-state index is -0.238. The summed E-state index contributed by atoms with van der Waals surface area (Å²) >= 11 is 6.42. The minimum Gasteiger partial charge on any atom is -0.493 e. The first kappa shape index (κ1) is 21.9. The Kier molecular flexibility index (Phi) is 6.47. The van der Waals surface area contributed by atoms with Gasteiger partial charge in [0.15, 0.2) is 5.58 Å². The topological polar surface area (TPSA) is 64.4 Å². The first-order valence-electron chi connectivity index (χ1n) is 10.7. The zero-order valence-corrected chi connectivity index (χ0v) is 19.1. The number of nitrogens with one attached hydrogen (secondary N) is 1. The molecule has 4 rings (SSSR count). The van der Waals surface area contributed by atoms with E-state index in [1.165, 1.54) is 5.56 Å². The molecule has 32 heavy (non-hydrogen) atoms. The molecule has 6 heteroatoms. The van der Waals surface area contributed by atoms with Gasteiger partial charge < -0.3 is 14.5 Å². The Labute approximate surface area is 192 Å². The highest BCUT2D eigenvalue weighted by Gasteiger charge is 2.15. The van der Waals surface area contributed by atoms with Crippen molar-refractivity contribution in [3.8, 4) is 17.2 Å². The number of halogens is 1. The van der Waals surface area contributed by atoms with Crippen molar-refractivity contribution in [3.05, 3.63) is 76.8 Å². The maximum atomic E-state index is 12.8. The van der Waals surface area contributed by atoms with Crippen LogP contribution in [0.25, 0.3) is 22.6 Å².